The molecular formula is C12H11BrN2O. The monoisotopic (exact) mass is 278 g/mol. The normalized spacial score (nSPS) is 10.4. The molecule has 4 heteroatoms. The Kier molecular flexibility index (Phi) is 2.92. The lowest BCUT2D eigenvalue weighted by atomic mass is 10.2. The molecule has 0 spiro atoms. The molecule has 82 valence electrons. The summed E-state index contributed by atoms with van der Waals surface area (Å²) >= 11 is 3.36. The molecule has 0 saturated carbocycles. The summed E-state index contributed by atoms with van der Waals surface area (Å²) in [5.74, 6) is 0. The number of hydrogen-bond acceptors (Lipinski definition) is 2. The van der Waals surface area contributed by atoms with Gasteiger partial charge in [0.1, 0.15) is 6.33 Å². The highest BCUT2D eigenvalue weighted by Gasteiger charge is 2.05. The molecule has 0 fully saturated rings. The quantitative estimate of drug-likeness (QED) is 0.804. The number of nitrogens with zero attached hydrogens (tertiary/aromatic N) is 2. The molecule has 3 nitrogen and oxygen atoms in total. The van der Waals surface area contributed by atoms with E-state index in [0.717, 1.165) is 15.9 Å². The predicted octanol–water partition coefficient (Wildman–Crippen LogP) is 2.61. The molecule has 0 aliphatic carbocycles. The van der Waals surface area contributed by atoms with Crippen LogP contribution in [0.5, 0.6) is 0 Å². The molecule has 16 heavy (non-hydrogen) atoms. The molecule has 2 rings (SSSR count). The fraction of sp³-hybridized carbons (Fsp3) is 0.167. The van der Waals surface area contributed by atoms with E-state index in [2.05, 4.69) is 20.9 Å². The largest absolute Gasteiger partial charge is 0.269 e. The zero-order chi connectivity index (χ0) is 11.7. The fourth-order valence-electron chi connectivity index (χ4n) is 1.41. The van der Waals surface area contributed by atoms with E-state index < -0.39 is 0 Å². The van der Waals surface area contributed by atoms with Crippen LogP contribution in [0.25, 0.3) is 5.69 Å². The average molecular weight is 279 g/mol. The van der Waals surface area contributed by atoms with Crippen LogP contribution in [0, 0.1) is 13.8 Å². The standard InChI is InChI=1S/C12H11BrN2O/c1-8-9(2)14-7-15(12(8)16)11-5-3-10(13)4-6-11/h3-7H,1-2H3. The van der Waals surface area contributed by atoms with Crippen molar-refractivity contribution in [3.05, 3.63) is 56.7 Å². The van der Waals surface area contributed by atoms with Crippen LogP contribution in [0.4, 0.5) is 0 Å². The van der Waals surface area contributed by atoms with E-state index in [4.69, 9.17) is 0 Å². The van der Waals surface area contributed by atoms with Crippen molar-refractivity contribution in [1.82, 2.24) is 9.55 Å². The Bertz CT molecular complexity index is 573. The van der Waals surface area contributed by atoms with E-state index in [1.807, 2.05) is 31.2 Å². The zero-order valence-corrected chi connectivity index (χ0v) is 10.7. The maximum Gasteiger partial charge on any atom is 0.261 e. The molecule has 0 atom stereocenters. The second-order valence-electron chi connectivity index (χ2n) is 3.61. The number of benzene rings is 1. The number of halogens is 1. The van der Waals surface area contributed by atoms with Gasteiger partial charge in [0.15, 0.2) is 0 Å². The summed E-state index contributed by atoms with van der Waals surface area (Å²) in [6.07, 6.45) is 1.56. The maximum atomic E-state index is 12.0. The van der Waals surface area contributed by atoms with Crippen LogP contribution < -0.4 is 5.56 Å². The van der Waals surface area contributed by atoms with Gasteiger partial charge in [-0.05, 0) is 38.1 Å². The minimum absolute atomic E-state index is 0.0187. The van der Waals surface area contributed by atoms with E-state index in [1.54, 1.807) is 17.8 Å². The van der Waals surface area contributed by atoms with Gasteiger partial charge in [-0.15, -0.1) is 0 Å². The van der Waals surface area contributed by atoms with Gasteiger partial charge in [-0.1, -0.05) is 15.9 Å². The highest BCUT2D eigenvalue weighted by molar-refractivity contribution is 9.10. The molecule has 2 aromatic rings. The van der Waals surface area contributed by atoms with Crippen molar-refractivity contribution in [2.75, 3.05) is 0 Å². The predicted molar refractivity (Wildman–Crippen MR) is 67.0 cm³/mol. The number of aryl methyl sites for hydroxylation is 1. The van der Waals surface area contributed by atoms with Crippen LogP contribution in [-0.2, 0) is 0 Å². The first-order valence-corrected chi connectivity index (χ1v) is 5.69. The third kappa shape index (κ3) is 1.93. The molecular weight excluding hydrogens is 268 g/mol. The molecule has 0 aliphatic heterocycles. The molecule has 0 N–H and O–H groups in total. The molecule has 0 bridgehead atoms. The zero-order valence-electron chi connectivity index (χ0n) is 9.07. The Hall–Kier alpha value is -1.42. The lowest BCUT2D eigenvalue weighted by Gasteiger charge is -2.07. The first-order valence-electron chi connectivity index (χ1n) is 4.90. The van der Waals surface area contributed by atoms with Crippen molar-refractivity contribution >= 4 is 15.9 Å². The molecule has 0 amide bonds. The van der Waals surface area contributed by atoms with E-state index in [9.17, 15) is 4.79 Å². The molecule has 1 aromatic carbocycles. The SMILES string of the molecule is Cc1ncn(-c2ccc(Br)cc2)c(=O)c1C. The number of aromatic nitrogens is 2. The molecule has 1 aromatic heterocycles. The molecule has 0 radical (unpaired) electrons. The third-order valence-electron chi connectivity index (χ3n) is 2.55. The van der Waals surface area contributed by atoms with Crippen LogP contribution in [0.1, 0.15) is 11.3 Å². The van der Waals surface area contributed by atoms with Crippen LogP contribution in [0.15, 0.2) is 39.9 Å². The smallest absolute Gasteiger partial charge is 0.261 e. The Morgan fingerprint density at radius 2 is 1.81 bits per heavy atom. The Morgan fingerprint density at radius 1 is 1.19 bits per heavy atom. The maximum absolute atomic E-state index is 12.0. The van der Waals surface area contributed by atoms with Gasteiger partial charge in [0.2, 0.25) is 0 Å². The van der Waals surface area contributed by atoms with Gasteiger partial charge in [0.05, 0.1) is 5.69 Å². The van der Waals surface area contributed by atoms with E-state index in [0.29, 0.717) is 5.56 Å². The van der Waals surface area contributed by atoms with Crippen molar-refractivity contribution in [3.8, 4) is 5.69 Å². The van der Waals surface area contributed by atoms with Crippen molar-refractivity contribution in [3.63, 3.8) is 0 Å². The summed E-state index contributed by atoms with van der Waals surface area (Å²) in [6, 6.07) is 7.55. The van der Waals surface area contributed by atoms with Crippen molar-refractivity contribution in [2.45, 2.75) is 13.8 Å². The van der Waals surface area contributed by atoms with Crippen LogP contribution >= 0.6 is 15.9 Å². The molecule has 0 aliphatic rings. The lowest BCUT2D eigenvalue weighted by Crippen LogP contribution is -2.22. The Balaban J connectivity index is 2.61. The highest BCUT2D eigenvalue weighted by atomic mass is 79.9. The summed E-state index contributed by atoms with van der Waals surface area (Å²) in [6.45, 7) is 3.63. The summed E-state index contributed by atoms with van der Waals surface area (Å²) in [5.41, 5.74) is 2.27. The lowest BCUT2D eigenvalue weighted by molar-refractivity contribution is 0.893. The van der Waals surface area contributed by atoms with Gasteiger partial charge in [-0.2, -0.15) is 0 Å². The van der Waals surface area contributed by atoms with Crippen LogP contribution in [0.3, 0.4) is 0 Å². The molecule has 1 heterocycles. The Morgan fingerprint density at radius 3 is 2.44 bits per heavy atom. The van der Waals surface area contributed by atoms with E-state index in [1.165, 1.54) is 0 Å². The molecule has 0 unspecified atom stereocenters. The first-order chi connectivity index (χ1) is 7.59. The second-order valence-corrected chi connectivity index (χ2v) is 4.52. The third-order valence-corrected chi connectivity index (χ3v) is 3.08. The summed E-state index contributed by atoms with van der Waals surface area (Å²) in [7, 11) is 0. The molecule has 0 saturated heterocycles. The van der Waals surface area contributed by atoms with Gasteiger partial charge in [-0.25, -0.2) is 4.98 Å². The van der Waals surface area contributed by atoms with Gasteiger partial charge in [-0.3, -0.25) is 9.36 Å². The first kappa shape index (κ1) is 11.1. The van der Waals surface area contributed by atoms with Crippen LogP contribution in [-0.4, -0.2) is 9.55 Å². The summed E-state index contributed by atoms with van der Waals surface area (Å²) in [5, 5.41) is 0. The summed E-state index contributed by atoms with van der Waals surface area (Å²) in [4.78, 5) is 16.2. The van der Waals surface area contributed by atoms with Crippen molar-refractivity contribution in [1.29, 1.82) is 0 Å². The minimum Gasteiger partial charge on any atom is -0.269 e. The minimum atomic E-state index is -0.0187. The number of hydrogen-bond donors (Lipinski definition) is 0. The van der Waals surface area contributed by atoms with Crippen molar-refractivity contribution in [2.24, 2.45) is 0 Å². The van der Waals surface area contributed by atoms with E-state index in [-0.39, 0.29) is 5.56 Å². The van der Waals surface area contributed by atoms with Crippen LogP contribution in [0.2, 0.25) is 0 Å². The van der Waals surface area contributed by atoms with E-state index >= 15 is 0 Å². The Labute approximate surface area is 102 Å². The van der Waals surface area contributed by atoms with Gasteiger partial charge in [0.25, 0.3) is 5.56 Å². The van der Waals surface area contributed by atoms with Gasteiger partial charge in [0, 0.05) is 15.7 Å². The summed E-state index contributed by atoms with van der Waals surface area (Å²) < 4.78 is 2.54. The second kappa shape index (κ2) is 4.22. The average Bonchev–Trinajstić information content (AvgIpc) is 2.28. The van der Waals surface area contributed by atoms with Gasteiger partial charge < -0.3 is 0 Å². The topological polar surface area (TPSA) is 34.9 Å². The van der Waals surface area contributed by atoms with Crippen molar-refractivity contribution < 1.29 is 0 Å². The highest BCUT2D eigenvalue weighted by Crippen LogP contribution is 2.12. The number of rotatable bonds is 1. The van der Waals surface area contributed by atoms with Gasteiger partial charge >= 0.3 is 0 Å². The fourth-order valence-corrected chi connectivity index (χ4v) is 1.68.